The SMILES string of the molecule is COc1cc2c(cc1OC)-c1c(c(C(=O)NCCN3CCOCC3)nn1C)C2. The fraction of sp³-hybridized carbons (Fsp3) is 0.500. The molecule has 1 aromatic carbocycles. The maximum absolute atomic E-state index is 12.8. The zero-order valence-corrected chi connectivity index (χ0v) is 16.6. The molecule has 1 fully saturated rings. The molecular weight excluding hydrogens is 360 g/mol. The number of amides is 1. The van der Waals surface area contributed by atoms with Crippen LogP contribution in [0.25, 0.3) is 11.3 Å². The minimum absolute atomic E-state index is 0.128. The number of carbonyl (C=O) groups excluding carboxylic acids is 1. The van der Waals surface area contributed by atoms with E-state index in [-0.39, 0.29) is 5.91 Å². The first-order valence-electron chi connectivity index (χ1n) is 9.51. The highest BCUT2D eigenvalue weighted by molar-refractivity contribution is 5.97. The minimum atomic E-state index is -0.128. The summed E-state index contributed by atoms with van der Waals surface area (Å²) in [6.45, 7) is 4.75. The Labute approximate surface area is 164 Å². The van der Waals surface area contributed by atoms with Crippen LogP contribution in [0, 0.1) is 0 Å². The van der Waals surface area contributed by atoms with Crippen molar-refractivity contribution < 1.29 is 19.0 Å². The number of hydrogen-bond donors (Lipinski definition) is 1. The van der Waals surface area contributed by atoms with Crippen LogP contribution < -0.4 is 14.8 Å². The summed E-state index contributed by atoms with van der Waals surface area (Å²) >= 11 is 0. The van der Waals surface area contributed by atoms with Crippen LogP contribution in [0.3, 0.4) is 0 Å². The lowest BCUT2D eigenvalue weighted by molar-refractivity contribution is 0.0383. The van der Waals surface area contributed by atoms with Crippen LogP contribution in [-0.2, 0) is 18.2 Å². The highest BCUT2D eigenvalue weighted by Crippen LogP contribution is 2.43. The first-order chi connectivity index (χ1) is 13.6. The van der Waals surface area contributed by atoms with E-state index in [9.17, 15) is 4.79 Å². The van der Waals surface area contributed by atoms with Crippen LogP contribution in [0.5, 0.6) is 11.5 Å². The molecule has 2 heterocycles. The normalized spacial score (nSPS) is 15.8. The lowest BCUT2D eigenvalue weighted by Crippen LogP contribution is -2.41. The molecule has 4 rings (SSSR count). The summed E-state index contributed by atoms with van der Waals surface area (Å²) in [5.41, 5.74) is 4.57. The molecule has 28 heavy (non-hydrogen) atoms. The number of morpholine rings is 1. The largest absolute Gasteiger partial charge is 0.493 e. The number of fused-ring (bicyclic) bond motifs is 3. The standard InChI is InChI=1S/C20H26N4O4/c1-23-19-14-12-17(27-3)16(26-2)11-13(14)10-15(19)18(22-23)20(25)21-4-5-24-6-8-28-9-7-24/h11-12H,4-10H2,1-3H3,(H,21,25). The quantitative estimate of drug-likeness (QED) is 0.683. The van der Waals surface area contributed by atoms with Gasteiger partial charge in [0.05, 0.1) is 33.1 Å². The maximum atomic E-state index is 12.8. The Morgan fingerprint density at radius 2 is 1.93 bits per heavy atom. The molecule has 0 spiro atoms. The molecule has 0 saturated carbocycles. The van der Waals surface area contributed by atoms with Crippen LogP contribution >= 0.6 is 0 Å². The fourth-order valence-electron chi connectivity index (χ4n) is 3.97. The van der Waals surface area contributed by atoms with E-state index in [0.717, 1.165) is 55.2 Å². The van der Waals surface area contributed by atoms with E-state index in [1.807, 2.05) is 19.2 Å². The van der Waals surface area contributed by atoms with Gasteiger partial charge < -0.3 is 19.5 Å². The molecule has 8 nitrogen and oxygen atoms in total. The van der Waals surface area contributed by atoms with Gasteiger partial charge in [-0.1, -0.05) is 0 Å². The predicted molar refractivity (Wildman–Crippen MR) is 104 cm³/mol. The highest BCUT2D eigenvalue weighted by atomic mass is 16.5. The van der Waals surface area contributed by atoms with Crippen LogP contribution in [-0.4, -0.2) is 74.2 Å². The number of nitrogens with zero attached hydrogens (tertiary/aromatic N) is 3. The Kier molecular flexibility index (Phi) is 5.23. The zero-order chi connectivity index (χ0) is 19.7. The molecule has 1 aliphatic carbocycles. The Bertz CT molecular complexity index is 887. The van der Waals surface area contributed by atoms with Crippen LogP contribution in [0.2, 0.25) is 0 Å². The minimum Gasteiger partial charge on any atom is -0.493 e. The van der Waals surface area contributed by atoms with Crippen molar-refractivity contribution in [2.24, 2.45) is 7.05 Å². The molecule has 2 aromatic rings. The van der Waals surface area contributed by atoms with Crippen molar-refractivity contribution in [1.82, 2.24) is 20.0 Å². The number of nitrogens with one attached hydrogen (secondary N) is 1. The number of ether oxygens (including phenoxy) is 3. The summed E-state index contributed by atoms with van der Waals surface area (Å²) in [7, 11) is 5.12. The topological polar surface area (TPSA) is 77.8 Å². The lowest BCUT2D eigenvalue weighted by atomic mass is 10.1. The molecule has 1 aliphatic heterocycles. The molecule has 1 amide bonds. The Hall–Kier alpha value is -2.58. The summed E-state index contributed by atoms with van der Waals surface area (Å²) in [6.07, 6.45) is 0.658. The molecule has 1 aromatic heterocycles. The van der Waals surface area contributed by atoms with Gasteiger partial charge in [-0.3, -0.25) is 14.4 Å². The van der Waals surface area contributed by atoms with Crippen molar-refractivity contribution in [2.75, 3.05) is 53.6 Å². The number of methoxy groups -OCH3 is 2. The van der Waals surface area contributed by atoms with Gasteiger partial charge in [-0.2, -0.15) is 5.10 Å². The third kappa shape index (κ3) is 3.33. The number of rotatable bonds is 6. The van der Waals surface area contributed by atoms with Gasteiger partial charge in [-0.25, -0.2) is 0 Å². The molecule has 0 bridgehead atoms. The summed E-state index contributed by atoms with van der Waals surface area (Å²) in [5.74, 6) is 1.24. The van der Waals surface area contributed by atoms with Crippen LogP contribution in [0.1, 0.15) is 21.6 Å². The van der Waals surface area contributed by atoms with Crippen LogP contribution in [0.4, 0.5) is 0 Å². The van der Waals surface area contributed by atoms with Gasteiger partial charge >= 0.3 is 0 Å². The number of aromatic nitrogens is 2. The number of benzene rings is 1. The Morgan fingerprint density at radius 1 is 1.21 bits per heavy atom. The average Bonchev–Trinajstić information content (AvgIpc) is 3.24. The van der Waals surface area contributed by atoms with E-state index < -0.39 is 0 Å². The lowest BCUT2D eigenvalue weighted by Gasteiger charge is -2.26. The molecule has 8 heteroatoms. The fourth-order valence-corrected chi connectivity index (χ4v) is 3.97. The molecule has 0 unspecified atom stereocenters. The van der Waals surface area contributed by atoms with Gasteiger partial charge in [-0.05, 0) is 17.7 Å². The molecular formula is C20H26N4O4. The van der Waals surface area contributed by atoms with Crippen molar-refractivity contribution >= 4 is 5.91 Å². The summed E-state index contributed by atoms with van der Waals surface area (Å²) in [5, 5.41) is 7.51. The Morgan fingerprint density at radius 3 is 2.64 bits per heavy atom. The molecule has 2 aliphatic rings. The van der Waals surface area contributed by atoms with E-state index in [4.69, 9.17) is 14.2 Å². The van der Waals surface area contributed by atoms with Crippen molar-refractivity contribution in [1.29, 1.82) is 0 Å². The molecule has 1 N–H and O–H groups in total. The summed E-state index contributed by atoms with van der Waals surface area (Å²) in [6, 6.07) is 3.94. The Balaban J connectivity index is 1.51. The number of hydrogen-bond acceptors (Lipinski definition) is 6. The molecule has 1 saturated heterocycles. The second kappa shape index (κ2) is 7.81. The van der Waals surface area contributed by atoms with Gasteiger partial charge in [0.2, 0.25) is 0 Å². The van der Waals surface area contributed by atoms with Crippen molar-refractivity contribution in [2.45, 2.75) is 6.42 Å². The average molecular weight is 386 g/mol. The van der Waals surface area contributed by atoms with Gasteiger partial charge in [0, 0.05) is 50.8 Å². The van der Waals surface area contributed by atoms with E-state index in [0.29, 0.717) is 30.2 Å². The summed E-state index contributed by atoms with van der Waals surface area (Å²) < 4.78 is 18.0. The maximum Gasteiger partial charge on any atom is 0.272 e. The first-order valence-corrected chi connectivity index (χ1v) is 9.51. The smallest absolute Gasteiger partial charge is 0.272 e. The van der Waals surface area contributed by atoms with Gasteiger partial charge in [-0.15, -0.1) is 0 Å². The highest BCUT2D eigenvalue weighted by Gasteiger charge is 2.30. The van der Waals surface area contributed by atoms with Gasteiger partial charge in [0.1, 0.15) is 0 Å². The van der Waals surface area contributed by atoms with E-state index in [1.54, 1.807) is 18.9 Å². The van der Waals surface area contributed by atoms with Crippen LogP contribution in [0.15, 0.2) is 12.1 Å². The second-order valence-corrected chi connectivity index (χ2v) is 7.05. The predicted octanol–water partition coefficient (Wildman–Crippen LogP) is 1.07. The second-order valence-electron chi connectivity index (χ2n) is 7.05. The van der Waals surface area contributed by atoms with E-state index >= 15 is 0 Å². The van der Waals surface area contributed by atoms with Crippen molar-refractivity contribution in [3.8, 4) is 22.8 Å². The van der Waals surface area contributed by atoms with Crippen molar-refractivity contribution in [3.05, 3.63) is 29.0 Å². The number of carbonyl (C=O) groups is 1. The molecule has 150 valence electrons. The van der Waals surface area contributed by atoms with Gasteiger partial charge in [0.25, 0.3) is 5.91 Å². The molecule has 0 atom stereocenters. The first kappa shape index (κ1) is 18.8. The monoisotopic (exact) mass is 386 g/mol. The summed E-state index contributed by atoms with van der Waals surface area (Å²) in [4.78, 5) is 15.1. The third-order valence-electron chi connectivity index (χ3n) is 5.41. The van der Waals surface area contributed by atoms with E-state index in [2.05, 4.69) is 15.3 Å². The van der Waals surface area contributed by atoms with E-state index in [1.165, 1.54) is 0 Å². The number of aryl methyl sites for hydroxylation is 1. The van der Waals surface area contributed by atoms with Crippen molar-refractivity contribution in [3.63, 3.8) is 0 Å². The molecule has 0 radical (unpaired) electrons. The zero-order valence-electron chi connectivity index (χ0n) is 16.6. The third-order valence-corrected chi connectivity index (χ3v) is 5.41. The van der Waals surface area contributed by atoms with Gasteiger partial charge in [0.15, 0.2) is 17.2 Å².